The van der Waals surface area contributed by atoms with Gasteiger partial charge in [-0.2, -0.15) is 4.31 Å². The highest BCUT2D eigenvalue weighted by molar-refractivity contribution is 7.89. The maximum atomic E-state index is 13.7. The second-order valence-corrected chi connectivity index (χ2v) is 6.34. The normalized spacial score (nSPS) is 12.3. The van der Waals surface area contributed by atoms with Crippen molar-refractivity contribution in [2.24, 2.45) is 0 Å². The zero-order chi connectivity index (χ0) is 14.6. The van der Waals surface area contributed by atoms with E-state index in [1.165, 1.54) is 6.07 Å². The first-order valence-corrected chi connectivity index (χ1v) is 7.42. The predicted octanol–water partition coefficient (Wildman–Crippen LogP) is 1.19. The number of nitrogens with two attached hydrogens (primary N) is 1. The van der Waals surface area contributed by atoms with Crippen LogP contribution in [0.2, 0.25) is 0 Å². The van der Waals surface area contributed by atoms with Crippen molar-refractivity contribution in [2.75, 3.05) is 18.9 Å². The first-order chi connectivity index (χ1) is 8.80. The molecule has 1 rings (SSSR count). The Hall–Kier alpha value is -1.18. The highest BCUT2D eigenvalue weighted by atomic mass is 32.2. The van der Waals surface area contributed by atoms with E-state index in [9.17, 15) is 12.8 Å². The molecule has 19 heavy (non-hydrogen) atoms. The zero-order valence-corrected chi connectivity index (χ0v) is 11.8. The van der Waals surface area contributed by atoms with Crippen LogP contribution in [0.4, 0.5) is 10.1 Å². The van der Waals surface area contributed by atoms with E-state index in [0.717, 1.165) is 16.4 Å². The van der Waals surface area contributed by atoms with E-state index >= 15 is 0 Å². The average Bonchev–Trinajstić information content (AvgIpc) is 2.32. The van der Waals surface area contributed by atoms with Gasteiger partial charge in [0.1, 0.15) is 10.7 Å². The van der Waals surface area contributed by atoms with Crippen LogP contribution in [0.5, 0.6) is 0 Å². The summed E-state index contributed by atoms with van der Waals surface area (Å²) in [6, 6.07) is 3.12. The van der Waals surface area contributed by atoms with E-state index in [-0.39, 0.29) is 24.9 Å². The number of nitrogen functional groups attached to an aromatic ring is 1. The van der Waals surface area contributed by atoms with E-state index in [2.05, 4.69) is 0 Å². The van der Waals surface area contributed by atoms with E-state index < -0.39 is 20.7 Å². The van der Waals surface area contributed by atoms with Crippen LogP contribution in [0, 0.1) is 5.82 Å². The van der Waals surface area contributed by atoms with Crippen LogP contribution in [0.15, 0.2) is 23.1 Å². The summed E-state index contributed by atoms with van der Waals surface area (Å²) in [7, 11) is -3.96. The summed E-state index contributed by atoms with van der Waals surface area (Å²) in [6.45, 7) is 3.39. The number of rotatable bonds is 6. The quantitative estimate of drug-likeness (QED) is 0.771. The topological polar surface area (TPSA) is 83.6 Å². The van der Waals surface area contributed by atoms with Gasteiger partial charge < -0.3 is 10.8 Å². The maximum absolute atomic E-state index is 13.7. The molecular weight excluding hydrogens is 271 g/mol. The maximum Gasteiger partial charge on any atom is 0.246 e. The molecule has 0 saturated heterocycles. The first-order valence-electron chi connectivity index (χ1n) is 5.98. The lowest BCUT2D eigenvalue weighted by molar-refractivity contribution is 0.258. The van der Waals surface area contributed by atoms with Crippen molar-refractivity contribution in [2.45, 2.75) is 31.2 Å². The second-order valence-electron chi connectivity index (χ2n) is 4.48. The number of halogens is 1. The molecule has 0 aromatic heterocycles. The van der Waals surface area contributed by atoms with Gasteiger partial charge in [-0.1, -0.05) is 0 Å². The standard InChI is InChI=1S/C12H19FN2O3S/c1-9(2)15(6-3-7-16)19(17,18)12-8-10(14)4-5-11(12)13/h4-5,8-9,16H,3,6-7,14H2,1-2H3. The van der Waals surface area contributed by atoms with Crippen LogP contribution in [-0.2, 0) is 10.0 Å². The minimum Gasteiger partial charge on any atom is -0.399 e. The number of anilines is 1. The molecule has 0 amide bonds. The molecule has 0 unspecified atom stereocenters. The van der Waals surface area contributed by atoms with Crippen LogP contribution < -0.4 is 5.73 Å². The molecule has 0 aliphatic heterocycles. The molecular formula is C12H19FN2O3S. The number of aliphatic hydroxyl groups is 1. The third-order valence-corrected chi connectivity index (χ3v) is 4.74. The first kappa shape index (κ1) is 15.9. The lowest BCUT2D eigenvalue weighted by atomic mass is 10.3. The molecule has 3 N–H and O–H groups in total. The molecule has 0 radical (unpaired) electrons. The van der Waals surface area contributed by atoms with E-state index in [1.807, 2.05) is 0 Å². The SMILES string of the molecule is CC(C)N(CCCO)S(=O)(=O)c1cc(N)ccc1F. The van der Waals surface area contributed by atoms with Gasteiger partial charge in [0.25, 0.3) is 0 Å². The Kier molecular flexibility index (Phi) is 5.28. The van der Waals surface area contributed by atoms with Crippen LogP contribution in [0.25, 0.3) is 0 Å². The molecule has 0 aliphatic carbocycles. The monoisotopic (exact) mass is 290 g/mol. The number of benzene rings is 1. The molecule has 0 aliphatic rings. The summed E-state index contributed by atoms with van der Waals surface area (Å²) in [5, 5.41) is 8.82. The highest BCUT2D eigenvalue weighted by Gasteiger charge is 2.29. The minimum absolute atomic E-state index is 0.127. The van der Waals surface area contributed by atoms with Gasteiger partial charge >= 0.3 is 0 Å². The van der Waals surface area contributed by atoms with Crippen molar-refractivity contribution in [1.82, 2.24) is 4.31 Å². The van der Waals surface area contributed by atoms with Crippen molar-refractivity contribution in [3.05, 3.63) is 24.0 Å². The number of aliphatic hydroxyl groups excluding tert-OH is 1. The highest BCUT2D eigenvalue weighted by Crippen LogP contribution is 2.23. The fourth-order valence-electron chi connectivity index (χ4n) is 1.73. The molecule has 0 heterocycles. The van der Waals surface area contributed by atoms with E-state index in [1.54, 1.807) is 13.8 Å². The van der Waals surface area contributed by atoms with Crippen molar-refractivity contribution in [3.8, 4) is 0 Å². The van der Waals surface area contributed by atoms with Gasteiger partial charge in [0.2, 0.25) is 10.0 Å². The van der Waals surface area contributed by atoms with Crippen molar-refractivity contribution in [1.29, 1.82) is 0 Å². The molecule has 0 saturated carbocycles. The second kappa shape index (κ2) is 6.31. The van der Waals surface area contributed by atoms with Crippen LogP contribution in [0.3, 0.4) is 0 Å². The zero-order valence-electron chi connectivity index (χ0n) is 11.0. The summed E-state index contributed by atoms with van der Waals surface area (Å²) in [4.78, 5) is -0.431. The van der Waals surface area contributed by atoms with Gasteiger partial charge in [0.15, 0.2) is 0 Å². The van der Waals surface area contributed by atoms with Crippen molar-refractivity contribution < 1.29 is 17.9 Å². The molecule has 0 fully saturated rings. The van der Waals surface area contributed by atoms with Crippen molar-refractivity contribution >= 4 is 15.7 Å². The molecule has 1 aromatic rings. The summed E-state index contributed by atoms with van der Waals surface area (Å²) >= 11 is 0. The van der Waals surface area contributed by atoms with Gasteiger partial charge in [-0.15, -0.1) is 0 Å². The Balaban J connectivity index is 3.22. The molecule has 5 nitrogen and oxygen atoms in total. The Morgan fingerprint density at radius 3 is 2.58 bits per heavy atom. The summed E-state index contributed by atoms with van der Waals surface area (Å²) in [6.07, 6.45) is 0.293. The number of sulfonamides is 1. The number of hydrogen-bond donors (Lipinski definition) is 2. The molecule has 0 atom stereocenters. The summed E-state index contributed by atoms with van der Waals surface area (Å²) in [5.74, 6) is -0.830. The smallest absolute Gasteiger partial charge is 0.246 e. The molecule has 108 valence electrons. The fourth-order valence-corrected chi connectivity index (χ4v) is 3.50. The number of hydrogen-bond acceptors (Lipinski definition) is 4. The molecule has 0 bridgehead atoms. The molecule has 0 spiro atoms. The third kappa shape index (κ3) is 3.65. The number of nitrogens with zero attached hydrogens (tertiary/aromatic N) is 1. The van der Waals surface area contributed by atoms with Gasteiger partial charge in [0, 0.05) is 24.9 Å². The van der Waals surface area contributed by atoms with Crippen LogP contribution in [-0.4, -0.2) is 37.0 Å². The predicted molar refractivity (Wildman–Crippen MR) is 71.5 cm³/mol. The van der Waals surface area contributed by atoms with Crippen molar-refractivity contribution in [3.63, 3.8) is 0 Å². The van der Waals surface area contributed by atoms with Gasteiger partial charge in [-0.3, -0.25) is 0 Å². The lowest BCUT2D eigenvalue weighted by Gasteiger charge is -2.25. The fraction of sp³-hybridized carbons (Fsp3) is 0.500. The summed E-state index contributed by atoms with van der Waals surface area (Å²) in [5.41, 5.74) is 5.70. The summed E-state index contributed by atoms with van der Waals surface area (Å²) < 4.78 is 39.7. The lowest BCUT2D eigenvalue weighted by Crippen LogP contribution is -2.38. The van der Waals surface area contributed by atoms with Crippen LogP contribution in [0.1, 0.15) is 20.3 Å². The van der Waals surface area contributed by atoms with E-state index in [4.69, 9.17) is 10.8 Å². The van der Waals surface area contributed by atoms with Gasteiger partial charge in [0.05, 0.1) is 0 Å². The Bertz CT molecular complexity index is 532. The molecule has 1 aromatic carbocycles. The Morgan fingerprint density at radius 2 is 2.05 bits per heavy atom. The Labute approximate surface area is 112 Å². The molecule has 7 heteroatoms. The van der Waals surface area contributed by atoms with Crippen LogP contribution >= 0.6 is 0 Å². The minimum atomic E-state index is -3.96. The third-order valence-electron chi connectivity index (χ3n) is 2.65. The van der Waals surface area contributed by atoms with E-state index in [0.29, 0.717) is 6.42 Å². The van der Waals surface area contributed by atoms with Gasteiger partial charge in [-0.25, -0.2) is 12.8 Å². The largest absolute Gasteiger partial charge is 0.399 e. The Morgan fingerprint density at radius 1 is 1.42 bits per heavy atom. The van der Waals surface area contributed by atoms with Gasteiger partial charge in [-0.05, 0) is 38.5 Å². The average molecular weight is 290 g/mol.